The van der Waals surface area contributed by atoms with Crippen LogP contribution >= 0.6 is 22.9 Å². The van der Waals surface area contributed by atoms with Gasteiger partial charge in [-0.15, -0.1) is 11.3 Å². The van der Waals surface area contributed by atoms with Crippen molar-refractivity contribution in [2.24, 2.45) is 4.99 Å². The van der Waals surface area contributed by atoms with Gasteiger partial charge in [-0.2, -0.15) is 13.2 Å². The Morgan fingerprint density at radius 2 is 1.95 bits per heavy atom. The number of rotatable bonds is 10. The van der Waals surface area contributed by atoms with E-state index in [4.69, 9.17) is 16.3 Å². The Bertz CT molecular complexity index is 1500. The van der Waals surface area contributed by atoms with Crippen LogP contribution in [0, 0.1) is 0 Å². The Morgan fingerprint density at radius 1 is 1.20 bits per heavy atom. The number of hydrogen-bond acceptors (Lipinski definition) is 8. The molecule has 14 heteroatoms. The molecule has 3 rings (SSSR count). The van der Waals surface area contributed by atoms with Crippen LogP contribution in [0.15, 0.2) is 65.8 Å². The number of nitrogens with zero attached hydrogens (tertiary/aromatic N) is 4. The molecule has 0 aliphatic rings. The first-order valence-electron chi connectivity index (χ1n) is 12.1. The molecule has 0 spiro atoms. The molecule has 0 aromatic carbocycles. The van der Waals surface area contributed by atoms with Gasteiger partial charge in [0.25, 0.3) is 5.91 Å². The molecule has 0 bridgehead atoms. The summed E-state index contributed by atoms with van der Waals surface area (Å²) in [7, 11) is 1.52. The van der Waals surface area contributed by atoms with E-state index in [9.17, 15) is 22.8 Å². The van der Waals surface area contributed by atoms with Crippen molar-refractivity contribution in [2.75, 3.05) is 12.4 Å². The first kappa shape index (κ1) is 31.4. The van der Waals surface area contributed by atoms with Gasteiger partial charge in [0.1, 0.15) is 21.5 Å². The average molecular weight is 607 g/mol. The molecule has 3 aromatic rings. The molecule has 1 unspecified atom stereocenters. The number of thiazole rings is 1. The summed E-state index contributed by atoms with van der Waals surface area (Å²) >= 11 is 6.55. The van der Waals surface area contributed by atoms with Gasteiger partial charge in [0, 0.05) is 29.7 Å². The van der Waals surface area contributed by atoms with Gasteiger partial charge in [0.15, 0.2) is 0 Å². The number of carbonyl (C=O) groups is 2. The fraction of sp³-hybridized carbons (Fsp3) is 0.259. The second kappa shape index (κ2) is 14.0. The highest BCUT2D eigenvalue weighted by atomic mass is 35.5. The SMILES string of the molecule is CC/C=C/N=C(/C=C(\C)C(=O)NC(C)c1ncc(C(=O)Nc2cc(C(F)(F)F)c(Cl)cn2)s1)c1cncc(OC)c1. The average Bonchev–Trinajstić information content (AvgIpc) is 3.44. The number of carbonyl (C=O) groups excluding carboxylic acids is 2. The van der Waals surface area contributed by atoms with Gasteiger partial charge in [0.05, 0.1) is 41.8 Å². The molecule has 2 amide bonds. The van der Waals surface area contributed by atoms with Crippen LogP contribution in [0.5, 0.6) is 5.75 Å². The van der Waals surface area contributed by atoms with Crippen LogP contribution in [0.25, 0.3) is 0 Å². The second-order valence-corrected chi connectivity index (χ2v) is 9.98. The predicted molar refractivity (Wildman–Crippen MR) is 151 cm³/mol. The van der Waals surface area contributed by atoms with Crippen molar-refractivity contribution >= 4 is 46.3 Å². The van der Waals surface area contributed by atoms with Gasteiger partial charge in [0.2, 0.25) is 5.91 Å². The highest BCUT2D eigenvalue weighted by Crippen LogP contribution is 2.35. The topological polar surface area (TPSA) is 118 Å². The quantitative estimate of drug-likeness (QED) is 0.204. The number of methoxy groups -OCH3 is 1. The number of nitrogens with one attached hydrogen (secondary N) is 2. The molecule has 3 heterocycles. The van der Waals surface area contributed by atoms with Crippen LogP contribution in [-0.4, -0.2) is 39.6 Å². The highest BCUT2D eigenvalue weighted by Gasteiger charge is 2.34. The Morgan fingerprint density at radius 3 is 2.63 bits per heavy atom. The summed E-state index contributed by atoms with van der Waals surface area (Å²) in [6.45, 7) is 5.29. The van der Waals surface area contributed by atoms with Crippen LogP contribution in [0.1, 0.15) is 59.0 Å². The van der Waals surface area contributed by atoms with E-state index in [0.29, 0.717) is 33.7 Å². The van der Waals surface area contributed by atoms with Crippen molar-refractivity contribution in [3.8, 4) is 5.75 Å². The van der Waals surface area contributed by atoms with Crippen LogP contribution in [-0.2, 0) is 11.0 Å². The van der Waals surface area contributed by atoms with Crippen molar-refractivity contribution in [1.82, 2.24) is 20.3 Å². The maximum atomic E-state index is 13.1. The van der Waals surface area contributed by atoms with Gasteiger partial charge in [-0.05, 0) is 38.5 Å². The number of pyridine rings is 2. The molecule has 216 valence electrons. The summed E-state index contributed by atoms with van der Waals surface area (Å²) in [5, 5.41) is 4.95. The first-order valence-corrected chi connectivity index (χ1v) is 13.3. The fourth-order valence-corrected chi connectivity index (χ4v) is 4.27. The minimum atomic E-state index is -4.71. The number of alkyl halides is 3. The molecular weight excluding hydrogens is 581 g/mol. The lowest BCUT2D eigenvalue weighted by molar-refractivity contribution is -0.137. The second-order valence-electron chi connectivity index (χ2n) is 8.51. The molecule has 0 saturated carbocycles. The zero-order valence-corrected chi connectivity index (χ0v) is 24.0. The van der Waals surface area contributed by atoms with E-state index in [1.807, 2.05) is 13.0 Å². The normalized spacial score (nSPS) is 13.3. The lowest BCUT2D eigenvalue weighted by Gasteiger charge is -2.12. The highest BCUT2D eigenvalue weighted by molar-refractivity contribution is 7.13. The number of ether oxygens (including phenoxy) is 1. The van der Waals surface area contributed by atoms with Crippen LogP contribution in [0.4, 0.5) is 19.0 Å². The number of allylic oxidation sites excluding steroid dienone is 2. The van der Waals surface area contributed by atoms with Crippen LogP contribution in [0.2, 0.25) is 5.02 Å². The van der Waals surface area contributed by atoms with E-state index in [0.717, 1.165) is 24.0 Å². The number of hydrogen-bond donors (Lipinski definition) is 2. The number of aliphatic imine (C=N–C) groups is 1. The predicted octanol–water partition coefficient (Wildman–Crippen LogP) is 6.40. The third kappa shape index (κ3) is 8.69. The van der Waals surface area contributed by atoms with Crippen molar-refractivity contribution in [2.45, 2.75) is 39.4 Å². The Labute approximate surface area is 243 Å². The first-order chi connectivity index (χ1) is 19.4. The maximum Gasteiger partial charge on any atom is 0.418 e. The zero-order chi connectivity index (χ0) is 30.2. The maximum absolute atomic E-state index is 13.1. The van der Waals surface area contributed by atoms with Gasteiger partial charge in [-0.25, -0.2) is 9.97 Å². The minimum Gasteiger partial charge on any atom is -0.495 e. The largest absolute Gasteiger partial charge is 0.495 e. The summed E-state index contributed by atoms with van der Waals surface area (Å²) in [6.07, 6.45) is 6.45. The van der Waals surface area contributed by atoms with E-state index in [-0.39, 0.29) is 10.7 Å². The number of anilines is 1. The van der Waals surface area contributed by atoms with Crippen LogP contribution < -0.4 is 15.4 Å². The molecule has 0 fully saturated rings. The fourth-order valence-electron chi connectivity index (χ4n) is 3.24. The summed E-state index contributed by atoms with van der Waals surface area (Å²) in [6, 6.07) is 1.82. The molecule has 0 aliphatic carbocycles. The minimum absolute atomic E-state index is 0.112. The number of amides is 2. The number of aromatic nitrogens is 3. The number of halogens is 4. The van der Waals surface area contributed by atoms with E-state index >= 15 is 0 Å². The molecule has 2 N–H and O–H groups in total. The van der Waals surface area contributed by atoms with E-state index < -0.39 is 34.6 Å². The molecule has 1 atom stereocenters. The molecule has 0 radical (unpaired) electrons. The van der Waals surface area contributed by atoms with Gasteiger partial charge in [-0.1, -0.05) is 24.6 Å². The standard InChI is InChI=1S/C27H26ClF3N6O3S/c1-5-6-7-33-21(17-9-18(40-4)12-32-11-17)8-15(2)24(38)36-16(3)26-35-14-22(41-26)25(39)37-23-10-19(27(29,30)31)20(28)13-34-23/h6-14,16H,5H2,1-4H3,(H,36,38)(H,34,37,39)/b7-6+,15-8+,33-21-. The van der Waals surface area contributed by atoms with Crippen LogP contribution in [0.3, 0.4) is 0 Å². The van der Waals surface area contributed by atoms with Crippen molar-refractivity contribution in [1.29, 1.82) is 0 Å². The Balaban J connectivity index is 1.72. The monoisotopic (exact) mass is 606 g/mol. The van der Waals surface area contributed by atoms with Crippen molar-refractivity contribution in [3.63, 3.8) is 0 Å². The lowest BCUT2D eigenvalue weighted by atomic mass is 10.1. The molecule has 0 saturated heterocycles. The van der Waals surface area contributed by atoms with E-state index in [1.165, 1.54) is 13.3 Å². The van der Waals surface area contributed by atoms with Gasteiger partial charge in [-0.3, -0.25) is 19.6 Å². The van der Waals surface area contributed by atoms with Gasteiger partial charge >= 0.3 is 6.18 Å². The van der Waals surface area contributed by atoms with Crippen molar-refractivity contribution in [3.05, 3.63) is 86.9 Å². The molecule has 9 nitrogen and oxygen atoms in total. The Kier molecular flexibility index (Phi) is 10.7. The smallest absolute Gasteiger partial charge is 0.418 e. The summed E-state index contributed by atoms with van der Waals surface area (Å²) in [5.41, 5.74) is 0.385. The summed E-state index contributed by atoms with van der Waals surface area (Å²) in [5.74, 6) is -0.887. The Hall–Kier alpha value is -4.10. The summed E-state index contributed by atoms with van der Waals surface area (Å²) < 4.78 is 44.6. The molecular formula is C27H26ClF3N6O3S. The lowest BCUT2D eigenvalue weighted by Crippen LogP contribution is -2.27. The van der Waals surface area contributed by atoms with Crippen molar-refractivity contribution < 1.29 is 27.5 Å². The summed E-state index contributed by atoms with van der Waals surface area (Å²) in [4.78, 5) is 42.2. The van der Waals surface area contributed by atoms with E-state index in [1.54, 1.807) is 44.6 Å². The van der Waals surface area contributed by atoms with E-state index in [2.05, 4.69) is 30.6 Å². The molecule has 0 aliphatic heterocycles. The molecule has 3 aromatic heterocycles. The third-order valence-corrected chi connectivity index (χ3v) is 6.86. The van der Waals surface area contributed by atoms with Gasteiger partial charge < -0.3 is 15.4 Å². The third-order valence-electron chi connectivity index (χ3n) is 5.38. The zero-order valence-electron chi connectivity index (χ0n) is 22.4. The molecule has 41 heavy (non-hydrogen) atoms.